The van der Waals surface area contributed by atoms with Gasteiger partial charge in [0.25, 0.3) is 0 Å². The monoisotopic (exact) mass is 497 g/mol. The molecule has 0 spiro atoms. The molecule has 0 aliphatic heterocycles. The second-order valence-corrected chi connectivity index (χ2v) is 12.0. The van der Waals surface area contributed by atoms with E-state index in [0.29, 0.717) is 5.92 Å². The summed E-state index contributed by atoms with van der Waals surface area (Å²) < 4.78 is 0. The van der Waals surface area contributed by atoms with Crippen LogP contribution in [0.2, 0.25) is 0 Å². The fraction of sp³-hybridized carbons (Fsp3) is 0.853. The third-order valence-corrected chi connectivity index (χ3v) is 8.38. The molecule has 0 fully saturated rings. The van der Waals surface area contributed by atoms with Crippen LogP contribution < -0.4 is 0 Å². The van der Waals surface area contributed by atoms with Gasteiger partial charge in [-0.25, -0.2) is 0 Å². The average Bonchev–Trinajstić information content (AvgIpc) is 3.27. The van der Waals surface area contributed by atoms with E-state index < -0.39 is 0 Å². The van der Waals surface area contributed by atoms with Crippen LogP contribution in [-0.4, -0.2) is 37.5 Å². The summed E-state index contributed by atoms with van der Waals surface area (Å²) in [5, 5.41) is 0. The number of nitrogens with zero attached hydrogens (tertiary/aromatic N) is 1. The van der Waals surface area contributed by atoms with Crippen LogP contribution in [0.15, 0.2) is 23.8 Å². The van der Waals surface area contributed by atoms with Crippen molar-refractivity contribution in [1.82, 2.24) is 4.90 Å². The van der Waals surface area contributed by atoms with Gasteiger partial charge in [0.2, 0.25) is 0 Å². The van der Waals surface area contributed by atoms with E-state index in [1.54, 1.807) is 5.57 Å². The molecule has 0 heterocycles. The Bertz CT molecular complexity index is 578. The number of hydrogen-bond donors (Lipinski definition) is 0. The Kier molecular flexibility index (Phi) is 21.8. The molecule has 0 amide bonds. The van der Waals surface area contributed by atoms with Crippen LogP contribution in [0.1, 0.15) is 156 Å². The van der Waals surface area contributed by atoms with Crippen LogP contribution in [0, 0.1) is 11.8 Å². The van der Waals surface area contributed by atoms with E-state index in [1.807, 2.05) is 0 Å². The molecule has 1 aliphatic carbocycles. The van der Waals surface area contributed by atoms with Crippen molar-refractivity contribution in [3.8, 4) is 0 Å². The summed E-state index contributed by atoms with van der Waals surface area (Å²) in [5.74, 6) is 1.58. The van der Waals surface area contributed by atoms with Gasteiger partial charge in [-0.2, -0.15) is 0 Å². The Hall–Kier alpha value is -0.625. The first-order valence-electron chi connectivity index (χ1n) is 16.2. The molecule has 1 rings (SSSR count). The van der Waals surface area contributed by atoms with Crippen LogP contribution in [0.5, 0.6) is 0 Å². The molecule has 2 unspecified atom stereocenters. The quantitative estimate of drug-likeness (QED) is 0.0850. The predicted octanol–water partition coefficient (Wildman–Crippen LogP) is 10.2. The summed E-state index contributed by atoms with van der Waals surface area (Å²) in [6.45, 7) is 13.0. The topological polar surface area (TPSA) is 3.24 Å². The van der Waals surface area contributed by atoms with E-state index in [4.69, 9.17) is 7.49 Å². The molecule has 2 heteroatoms. The zero-order valence-electron chi connectivity index (χ0n) is 25.2. The van der Waals surface area contributed by atoms with Crippen LogP contribution in [0.4, 0.5) is 0 Å². The number of unbranched alkanes of at least 4 members (excludes halogenated alkanes) is 13. The van der Waals surface area contributed by atoms with Gasteiger partial charge in [0.1, 0.15) is 0 Å². The van der Waals surface area contributed by atoms with Gasteiger partial charge in [0.15, 0.2) is 0 Å². The molecular formula is C34H63BN. The summed E-state index contributed by atoms with van der Waals surface area (Å²) in [6, 6.07) is 0. The van der Waals surface area contributed by atoms with Gasteiger partial charge >= 0.3 is 115 Å². The van der Waals surface area contributed by atoms with E-state index in [-0.39, 0.29) is 0 Å². The molecule has 0 N–H and O–H groups in total. The van der Waals surface area contributed by atoms with Crippen molar-refractivity contribution in [2.45, 2.75) is 156 Å². The standard InChI is InChI=1S/C34H63BN/c1-5-7-8-9-10-11-12-13-16-19-25-33(6-2)30-36(28-20-17-14-15-18-24-32(4)35)29-22-27-34-26-21-23-31(34)3/h21,23,26,33-34H,5-20,22,24-25,27-30H2,1-4H3. The third kappa shape index (κ3) is 18.6. The minimum atomic E-state index is 0.697. The van der Waals surface area contributed by atoms with Crippen molar-refractivity contribution in [2.75, 3.05) is 19.6 Å². The second kappa shape index (κ2) is 23.5. The summed E-state index contributed by atoms with van der Waals surface area (Å²) in [4.78, 5) is 2.83. The van der Waals surface area contributed by atoms with Crippen molar-refractivity contribution in [3.05, 3.63) is 23.8 Å². The van der Waals surface area contributed by atoms with Crippen LogP contribution in [0.25, 0.3) is 0 Å². The summed E-state index contributed by atoms with van der Waals surface area (Å²) in [7, 11) is 5.82. The second-order valence-electron chi connectivity index (χ2n) is 12.0. The van der Waals surface area contributed by atoms with Gasteiger partial charge in [-0.3, -0.25) is 0 Å². The molecule has 0 aromatic carbocycles. The van der Waals surface area contributed by atoms with Crippen molar-refractivity contribution in [2.24, 2.45) is 11.8 Å². The molecule has 207 valence electrons. The minimum Gasteiger partial charge on any atom is -0.0654 e. The van der Waals surface area contributed by atoms with E-state index >= 15 is 0 Å². The zero-order valence-corrected chi connectivity index (χ0v) is 25.2. The molecule has 0 aromatic heterocycles. The molecule has 0 bridgehead atoms. The molecule has 0 saturated heterocycles. The van der Waals surface area contributed by atoms with Crippen LogP contribution in [0.3, 0.4) is 0 Å². The summed E-state index contributed by atoms with van der Waals surface area (Å²) in [6.07, 6.45) is 34.6. The van der Waals surface area contributed by atoms with Crippen molar-refractivity contribution < 1.29 is 0 Å². The number of hydrogen-bond acceptors (Lipinski definition) is 1. The van der Waals surface area contributed by atoms with E-state index in [2.05, 4.69) is 50.8 Å². The summed E-state index contributed by atoms with van der Waals surface area (Å²) in [5.41, 5.74) is 2.65. The predicted molar refractivity (Wildman–Crippen MR) is 166 cm³/mol. The van der Waals surface area contributed by atoms with Crippen LogP contribution in [-0.2, 0) is 0 Å². The number of allylic oxidation sites excluding steroid dienone is 4. The van der Waals surface area contributed by atoms with Gasteiger partial charge < -0.3 is 0 Å². The maximum atomic E-state index is 5.82. The van der Waals surface area contributed by atoms with Gasteiger partial charge in [-0.1, -0.05) is 102 Å². The van der Waals surface area contributed by atoms with E-state index in [9.17, 15) is 0 Å². The SMILES string of the molecule is [B]=C(C)CCCCCCCN(CCCC1C=CC=C1C)CC(CC)CCCCCCCCCCCC. The van der Waals surface area contributed by atoms with E-state index in [0.717, 1.165) is 17.8 Å². The molecule has 1 aliphatic rings. The zero-order chi connectivity index (χ0) is 26.3. The Labute approximate surface area is 229 Å². The summed E-state index contributed by atoms with van der Waals surface area (Å²) >= 11 is 0. The fourth-order valence-corrected chi connectivity index (χ4v) is 5.75. The smallest absolute Gasteiger partial charge is 0.0654 e. The first-order chi connectivity index (χ1) is 17.6. The first-order valence-corrected chi connectivity index (χ1v) is 16.2. The van der Waals surface area contributed by atoms with E-state index in [1.165, 1.54) is 142 Å². The molecule has 36 heavy (non-hydrogen) atoms. The normalized spacial score (nSPS) is 16.1. The van der Waals surface area contributed by atoms with Crippen LogP contribution >= 0.6 is 0 Å². The van der Waals surface area contributed by atoms with Crippen molar-refractivity contribution >= 4 is 13.0 Å². The fourth-order valence-electron chi connectivity index (χ4n) is 5.75. The Morgan fingerprint density at radius 2 is 1.39 bits per heavy atom. The third-order valence-electron chi connectivity index (χ3n) is 8.38. The minimum absolute atomic E-state index is 0.697. The Morgan fingerprint density at radius 1 is 0.806 bits per heavy atom. The van der Waals surface area contributed by atoms with Crippen molar-refractivity contribution in [1.29, 1.82) is 0 Å². The first kappa shape index (κ1) is 33.4. The molecule has 0 aromatic rings. The molecular weight excluding hydrogens is 433 g/mol. The Morgan fingerprint density at radius 3 is 1.97 bits per heavy atom. The maximum absolute atomic E-state index is 5.82. The molecule has 2 atom stereocenters. The Balaban J connectivity index is 2.28. The van der Waals surface area contributed by atoms with Gasteiger partial charge in [-0.15, -0.1) is 0 Å². The van der Waals surface area contributed by atoms with Crippen molar-refractivity contribution in [3.63, 3.8) is 0 Å². The molecule has 1 radical (unpaired) electrons. The molecule has 0 saturated carbocycles. The average molecular weight is 497 g/mol. The molecule has 1 nitrogen and oxygen atoms in total. The van der Waals surface area contributed by atoms with Gasteiger partial charge in [0, 0.05) is 0 Å². The van der Waals surface area contributed by atoms with Gasteiger partial charge in [0.05, 0.1) is 0 Å². The number of rotatable bonds is 26. The van der Waals surface area contributed by atoms with Gasteiger partial charge in [-0.05, 0) is 12.8 Å².